The highest BCUT2D eigenvalue weighted by Crippen LogP contribution is 2.32. The number of alkyl halides is 3. The smallest absolute Gasteiger partial charge is 0.342 e. The fourth-order valence-corrected chi connectivity index (χ4v) is 1.74. The third-order valence-corrected chi connectivity index (χ3v) is 2.68. The molecule has 0 spiro atoms. The minimum Gasteiger partial charge on any atom is -0.342 e. The molecular formula is C12H13F3N2. The van der Waals surface area contributed by atoms with Gasteiger partial charge in [0.2, 0.25) is 0 Å². The summed E-state index contributed by atoms with van der Waals surface area (Å²) in [5.41, 5.74) is 0.973. The van der Waals surface area contributed by atoms with Crippen LogP contribution >= 0.6 is 0 Å². The Bertz CT molecular complexity index is 553. The van der Waals surface area contributed by atoms with Crippen molar-refractivity contribution in [1.82, 2.24) is 9.97 Å². The maximum absolute atomic E-state index is 12.6. The van der Waals surface area contributed by atoms with Crippen LogP contribution in [0.3, 0.4) is 0 Å². The Hall–Kier alpha value is -1.52. The number of fused-ring (bicyclic) bond motifs is 1. The van der Waals surface area contributed by atoms with Gasteiger partial charge >= 0.3 is 6.18 Å². The quantitative estimate of drug-likeness (QED) is 0.804. The first kappa shape index (κ1) is 12.0. The van der Waals surface area contributed by atoms with Gasteiger partial charge in [-0.1, -0.05) is 13.8 Å². The van der Waals surface area contributed by atoms with Gasteiger partial charge in [0.25, 0.3) is 0 Å². The van der Waals surface area contributed by atoms with Crippen LogP contribution in [0.2, 0.25) is 0 Å². The number of H-pyrrole nitrogens is 1. The van der Waals surface area contributed by atoms with Crippen molar-refractivity contribution < 1.29 is 13.2 Å². The lowest BCUT2D eigenvalue weighted by Gasteiger charge is -2.07. The van der Waals surface area contributed by atoms with E-state index in [9.17, 15) is 13.2 Å². The average Bonchev–Trinajstić information content (AvgIpc) is 2.60. The highest BCUT2D eigenvalue weighted by Gasteiger charge is 2.31. The number of aryl methyl sites for hydroxylation is 1. The summed E-state index contributed by atoms with van der Waals surface area (Å²) in [4.78, 5) is 7.26. The molecule has 17 heavy (non-hydrogen) atoms. The normalized spacial score (nSPS) is 12.6. The first-order valence-electron chi connectivity index (χ1n) is 5.36. The van der Waals surface area contributed by atoms with E-state index in [0.29, 0.717) is 22.4 Å². The molecule has 1 aromatic heterocycles. The van der Waals surface area contributed by atoms with Gasteiger partial charge in [-0.05, 0) is 24.6 Å². The molecule has 92 valence electrons. The summed E-state index contributed by atoms with van der Waals surface area (Å²) >= 11 is 0. The maximum Gasteiger partial charge on any atom is 0.416 e. The van der Waals surface area contributed by atoms with Crippen LogP contribution in [0.5, 0.6) is 0 Å². The van der Waals surface area contributed by atoms with E-state index in [1.807, 2.05) is 13.8 Å². The lowest BCUT2D eigenvalue weighted by molar-refractivity contribution is -0.137. The highest BCUT2D eigenvalue weighted by molar-refractivity contribution is 5.79. The number of rotatable bonds is 1. The van der Waals surface area contributed by atoms with Crippen molar-refractivity contribution in [2.45, 2.75) is 32.9 Å². The fraction of sp³-hybridized carbons (Fsp3) is 0.417. The van der Waals surface area contributed by atoms with Crippen LogP contribution < -0.4 is 0 Å². The van der Waals surface area contributed by atoms with Gasteiger partial charge in [0.15, 0.2) is 0 Å². The Morgan fingerprint density at radius 1 is 1.24 bits per heavy atom. The van der Waals surface area contributed by atoms with Crippen LogP contribution in [0.1, 0.15) is 36.7 Å². The van der Waals surface area contributed by atoms with E-state index in [4.69, 9.17) is 0 Å². The summed E-state index contributed by atoms with van der Waals surface area (Å²) in [7, 11) is 0. The molecule has 0 fully saturated rings. The topological polar surface area (TPSA) is 28.7 Å². The van der Waals surface area contributed by atoms with E-state index < -0.39 is 11.7 Å². The van der Waals surface area contributed by atoms with Gasteiger partial charge in [-0.3, -0.25) is 0 Å². The highest BCUT2D eigenvalue weighted by atomic mass is 19.4. The Labute approximate surface area is 96.9 Å². The minimum atomic E-state index is -4.32. The Morgan fingerprint density at radius 3 is 2.41 bits per heavy atom. The predicted molar refractivity (Wildman–Crippen MR) is 59.9 cm³/mol. The minimum absolute atomic E-state index is 0.163. The van der Waals surface area contributed by atoms with Gasteiger partial charge in [-0.15, -0.1) is 0 Å². The van der Waals surface area contributed by atoms with Crippen LogP contribution in [-0.4, -0.2) is 9.97 Å². The lowest BCUT2D eigenvalue weighted by Crippen LogP contribution is -2.05. The second-order valence-electron chi connectivity index (χ2n) is 4.46. The first-order valence-corrected chi connectivity index (χ1v) is 5.36. The van der Waals surface area contributed by atoms with Gasteiger partial charge in [0.05, 0.1) is 16.6 Å². The number of benzene rings is 1. The molecule has 0 aliphatic rings. The summed E-state index contributed by atoms with van der Waals surface area (Å²) < 4.78 is 37.9. The van der Waals surface area contributed by atoms with E-state index in [-0.39, 0.29) is 5.92 Å². The van der Waals surface area contributed by atoms with Crippen molar-refractivity contribution in [1.29, 1.82) is 0 Å². The molecule has 0 aliphatic heterocycles. The van der Waals surface area contributed by atoms with Crippen molar-refractivity contribution in [3.63, 3.8) is 0 Å². The van der Waals surface area contributed by atoms with Crippen molar-refractivity contribution in [3.8, 4) is 0 Å². The standard InChI is InChI=1S/C12H13F3N2/c1-6(2)11-16-9-5-8(12(13,14)15)4-7(3)10(9)17-11/h4-6H,1-3H3,(H,16,17). The fourth-order valence-electron chi connectivity index (χ4n) is 1.74. The third-order valence-electron chi connectivity index (χ3n) is 2.68. The number of aromatic amines is 1. The molecule has 0 radical (unpaired) electrons. The van der Waals surface area contributed by atoms with Crippen molar-refractivity contribution in [2.24, 2.45) is 0 Å². The molecule has 0 saturated heterocycles. The van der Waals surface area contributed by atoms with Gasteiger partial charge < -0.3 is 4.98 Å². The summed E-state index contributed by atoms with van der Waals surface area (Å²) in [6.45, 7) is 5.54. The van der Waals surface area contributed by atoms with Crippen LogP contribution in [0, 0.1) is 6.92 Å². The van der Waals surface area contributed by atoms with Crippen LogP contribution in [-0.2, 0) is 6.18 Å². The van der Waals surface area contributed by atoms with Gasteiger partial charge in [0, 0.05) is 5.92 Å². The number of hydrogen-bond acceptors (Lipinski definition) is 1. The average molecular weight is 242 g/mol. The molecule has 0 amide bonds. The van der Waals surface area contributed by atoms with Crippen molar-refractivity contribution >= 4 is 11.0 Å². The van der Waals surface area contributed by atoms with E-state index in [1.54, 1.807) is 6.92 Å². The van der Waals surface area contributed by atoms with Gasteiger partial charge in [-0.2, -0.15) is 13.2 Å². The zero-order valence-corrected chi connectivity index (χ0v) is 9.81. The summed E-state index contributed by atoms with van der Waals surface area (Å²) in [6.07, 6.45) is -4.32. The van der Waals surface area contributed by atoms with E-state index in [0.717, 1.165) is 12.1 Å². The molecule has 2 rings (SSSR count). The molecule has 0 unspecified atom stereocenters. The largest absolute Gasteiger partial charge is 0.416 e. The number of nitrogens with zero attached hydrogens (tertiary/aromatic N) is 1. The second kappa shape index (κ2) is 3.75. The van der Waals surface area contributed by atoms with Crippen LogP contribution in [0.15, 0.2) is 12.1 Å². The number of imidazole rings is 1. The lowest BCUT2D eigenvalue weighted by atomic mass is 10.1. The first-order chi connectivity index (χ1) is 7.79. The van der Waals surface area contributed by atoms with Crippen LogP contribution in [0.4, 0.5) is 13.2 Å². The summed E-state index contributed by atoms with van der Waals surface area (Å²) in [5, 5.41) is 0. The second-order valence-corrected chi connectivity index (χ2v) is 4.46. The maximum atomic E-state index is 12.6. The van der Waals surface area contributed by atoms with Crippen molar-refractivity contribution in [3.05, 3.63) is 29.1 Å². The van der Waals surface area contributed by atoms with E-state index >= 15 is 0 Å². The molecule has 0 bridgehead atoms. The molecule has 5 heteroatoms. The molecule has 0 saturated carbocycles. The number of halogens is 3. The molecule has 2 nitrogen and oxygen atoms in total. The molecule has 1 N–H and O–H groups in total. The predicted octanol–water partition coefficient (Wildman–Crippen LogP) is 4.01. The van der Waals surface area contributed by atoms with Crippen molar-refractivity contribution in [2.75, 3.05) is 0 Å². The molecule has 1 heterocycles. The van der Waals surface area contributed by atoms with E-state index in [1.165, 1.54) is 0 Å². The summed E-state index contributed by atoms with van der Waals surface area (Å²) in [5.74, 6) is 0.874. The molecule has 1 aromatic carbocycles. The zero-order chi connectivity index (χ0) is 12.8. The Balaban J connectivity index is 2.65. The Kier molecular flexibility index (Phi) is 2.64. The molecule has 0 atom stereocenters. The van der Waals surface area contributed by atoms with E-state index in [2.05, 4.69) is 9.97 Å². The van der Waals surface area contributed by atoms with Gasteiger partial charge in [0.1, 0.15) is 5.82 Å². The molecule has 0 aliphatic carbocycles. The van der Waals surface area contributed by atoms with Gasteiger partial charge in [-0.25, -0.2) is 4.98 Å². The summed E-state index contributed by atoms with van der Waals surface area (Å²) in [6, 6.07) is 2.23. The third kappa shape index (κ3) is 2.14. The molecule has 2 aromatic rings. The number of hydrogen-bond donors (Lipinski definition) is 1. The zero-order valence-electron chi connectivity index (χ0n) is 9.81. The molecular weight excluding hydrogens is 229 g/mol. The van der Waals surface area contributed by atoms with Crippen LogP contribution in [0.25, 0.3) is 11.0 Å². The Morgan fingerprint density at radius 2 is 1.88 bits per heavy atom. The number of nitrogens with one attached hydrogen (secondary N) is 1. The number of aromatic nitrogens is 2. The monoisotopic (exact) mass is 242 g/mol. The SMILES string of the molecule is Cc1cc(C(F)(F)F)cc2nc(C(C)C)[nH]c12.